The third-order valence-electron chi connectivity index (χ3n) is 3.06. The van der Waals surface area contributed by atoms with Gasteiger partial charge in [-0.3, -0.25) is 15.4 Å². The average Bonchev–Trinajstić information content (AvgIpc) is 2.94. The summed E-state index contributed by atoms with van der Waals surface area (Å²) in [5, 5.41) is 14.7. The van der Waals surface area contributed by atoms with Crippen LogP contribution in [0.4, 0.5) is 15.6 Å². The van der Waals surface area contributed by atoms with Crippen molar-refractivity contribution in [2.24, 2.45) is 0 Å². The first-order chi connectivity index (χ1) is 11.9. The van der Waals surface area contributed by atoms with E-state index < -0.39 is 11.7 Å². The topological polar surface area (TPSA) is 93.2 Å². The predicted molar refractivity (Wildman–Crippen MR) is 103 cm³/mol. The summed E-state index contributed by atoms with van der Waals surface area (Å²) >= 11 is 1.34. The number of hydrogen-bond donors (Lipinski definition) is 2. The Labute approximate surface area is 157 Å². The molecule has 140 valence electrons. The zero-order valence-corrected chi connectivity index (χ0v) is 16.7. The second-order valence-electron chi connectivity index (χ2n) is 7.82. The van der Waals surface area contributed by atoms with Gasteiger partial charge < -0.3 is 4.74 Å². The van der Waals surface area contributed by atoms with Crippen molar-refractivity contribution >= 4 is 34.2 Å². The predicted octanol–water partition coefficient (Wildman–Crippen LogP) is 4.43. The van der Waals surface area contributed by atoms with Crippen molar-refractivity contribution in [3.63, 3.8) is 0 Å². The van der Waals surface area contributed by atoms with Crippen molar-refractivity contribution in [1.82, 2.24) is 10.2 Å². The summed E-state index contributed by atoms with van der Waals surface area (Å²) in [5.41, 5.74) is 0.144. The number of amides is 2. The van der Waals surface area contributed by atoms with Crippen molar-refractivity contribution in [3.05, 3.63) is 34.8 Å². The van der Waals surface area contributed by atoms with Crippen LogP contribution >= 0.6 is 11.3 Å². The Kier molecular flexibility index (Phi) is 5.65. The molecule has 0 fully saturated rings. The third-order valence-corrected chi connectivity index (χ3v) is 4.32. The minimum Gasteiger partial charge on any atom is -0.444 e. The molecular formula is C18H24N4O3S. The van der Waals surface area contributed by atoms with Gasteiger partial charge in [-0.05, 0) is 39.0 Å². The highest BCUT2D eigenvalue weighted by Gasteiger charge is 2.20. The molecule has 2 N–H and O–H groups in total. The molecule has 2 amide bonds. The van der Waals surface area contributed by atoms with E-state index >= 15 is 0 Å². The number of anilines is 2. The Morgan fingerprint density at radius 3 is 2.31 bits per heavy atom. The summed E-state index contributed by atoms with van der Waals surface area (Å²) in [4.78, 5) is 24.3. The Hall–Kier alpha value is -2.48. The molecule has 1 aromatic carbocycles. The van der Waals surface area contributed by atoms with Gasteiger partial charge in [-0.1, -0.05) is 38.2 Å². The van der Waals surface area contributed by atoms with Gasteiger partial charge in [0.15, 0.2) is 0 Å². The number of carbonyl (C=O) groups excluding carboxylic acids is 2. The van der Waals surface area contributed by atoms with Crippen LogP contribution in [0.5, 0.6) is 0 Å². The molecule has 0 unspecified atom stereocenters. The fraction of sp³-hybridized carbons (Fsp3) is 0.444. The van der Waals surface area contributed by atoms with Gasteiger partial charge in [0.2, 0.25) is 5.13 Å². The number of benzene rings is 1. The van der Waals surface area contributed by atoms with Crippen molar-refractivity contribution in [2.75, 3.05) is 10.6 Å². The maximum atomic E-state index is 12.4. The number of nitrogens with one attached hydrogen (secondary N) is 2. The lowest BCUT2D eigenvalue weighted by Gasteiger charge is -2.19. The lowest BCUT2D eigenvalue weighted by Crippen LogP contribution is -2.27. The van der Waals surface area contributed by atoms with Gasteiger partial charge in [0.25, 0.3) is 5.91 Å². The van der Waals surface area contributed by atoms with Gasteiger partial charge >= 0.3 is 6.09 Å². The first kappa shape index (κ1) is 19.8. The molecule has 2 rings (SSSR count). The van der Waals surface area contributed by atoms with Gasteiger partial charge in [-0.2, -0.15) is 0 Å². The monoisotopic (exact) mass is 376 g/mol. The average molecular weight is 376 g/mol. The van der Waals surface area contributed by atoms with E-state index in [1.807, 2.05) is 20.8 Å². The van der Waals surface area contributed by atoms with Crippen LogP contribution in [0.2, 0.25) is 0 Å². The van der Waals surface area contributed by atoms with Crippen LogP contribution in [0.3, 0.4) is 0 Å². The zero-order valence-electron chi connectivity index (χ0n) is 15.8. The molecule has 0 aliphatic heterocycles. The highest BCUT2D eigenvalue weighted by Crippen LogP contribution is 2.28. The maximum Gasteiger partial charge on any atom is 0.412 e. The molecule has 0 bridgehead atoms. The van der Waals surface area contributed by atoms with E-state index in [0.717, 1.165) is 5.01 Å². The second kappa shape index (κ2) is 7.41. The molecule has 2 aromatic rings. The zero-order chi connectivity index (χ0) is 19.5. The van der Waals surface area contributed by atoms with Crippen molar-refractivity contribution in [2.45, 2.75) is 52.6 Å². The molecule has 0 aliphatic rings. The molecular weight excluding hydrogens is 352 g/mol. The van der Waals surface area contributed by atoms with E-state index in [-0.39, 0.29) is 11.3 Å². The number of aromatic nitrogens is 2. The molecule has 0 spiro atoms. The van der Waals surface area contributed by atoms with Gasteiger partial charge in [0.05, 0.1) is 0 Å². The summed E-state index contributed by atoms with van der Waals surface area (Å²) < 4.78 is 5.21. The lowest BCUT2D eigenvalue weighted by molar-refractivity contribution is 0.0635. The smallest absolute Gasteiger partial charge is 0.412 e. The van der Waals surface area contributed by atoms with E-state index in [1.165, 1.54) is 11.3 Å². The number of ether oxygens (including phenoxy) is 1. The van der Waals surface area contributed by atoms with Crippen LogP contribution in [-0.4, -0.2) is 27.8 Å². The molecule has 26 heavy (non-hydrogen) atoms. The Balaban J connectivity index is 2.06. The SMILES string of the molecule is CC(C)(C)OC(=O)Nc1cccc(C(=O)Nc2nnc(C(C)(C)C)s2)c1. The van der Waals surface area contributed by atoms with Crippen LogP contribution in [0.1, 0.15) is 56.9 Å². The highest BCUT2D eigenvalue weighted by molar-refractivity contribution is 7.15. The fourth-order valence-corrected chi connectivity index (χ4v) is 2.70. The molecule has 0 saturated carbocycles. The molecule has 0 saturated heterocycles. The normalized spacial score (nSPS) is 11.8. The first-order valence-corrected chi connectivity index (χ1v) is 9.01. The number of nitrogens with zero attached hydrogens (tertiary/aromatic N) is 2. The van der Waals surface area contributed by atoms with Crippen LogP contribution in [-0.2, 0) is 10.2 Å². The standard InChI is InChI=1S/C18H24N4O3S/c1-17(2,3)14-21-22-15(26-14)20-13(23)11-8-7-9-12(10-11)19-16(24)25-18(4,5)6/h7-10H,1-6H3,(H,19,24)(H,20,22,23). The quantitative estimate of drug-likeness (QED) is 0.826. The molecule has 7 nitrogen and oxygen atoms in total. The second-order valence-corrected chi connectivity index (χ2v) is 8.80. The lowest BCUT2D eigenvalue weighted by atomic mass is 9.98. The van der Waals surface area contributed by atoms with E-state index in [2.05, 4.69) is 20.8 Å². The first-order valence-electron chi connectivity index (χ1n) is 8.19. The molecule has 1 aromatic heterocycles. The van der Waals surface area contributed by atoms with E-state index in [0.29, 0.717) is 16.4 Å². The Morgan fingerprint density at radius 2 is 1.73 bits per heavy atom. The summed E-state index contributed by atoms with van der Waals surface area (Å²) in [6, 6.07) is 6.60. The van der Waals surface area contributed by atoms with Gasteiger partial charge in [-0.15, -0.1) is 10.2 Å². The molecule has 0 radical (unpaired) electrons. The Morgan fingerprint density at radius 1 is 1.04 bits per heavy atom. The minimum absolute atomic E-state index is 0.127. The molecule has 8 heteroatoms. The highest BCUT2D eigenvalue weighted by atomic mass is 32.1. The van der Waals surface area contributed by atoms with Crippen LogP contribution in [0.25, 0.3) is 0 Å². The van der Waals surface area contributed by atoms with Gasteiger partial charge in [0, 0.05) is 16.7 Å². The van der Waals surface area contributed by atoms with Gasteiger partial charge in [0.1, 0.15) is 10.6 Å². The fourth-order valence-electron chi connectivity index (χ4n) is 1.91. The third kappa shape index (κ3) is 5.80. The minimum atomic E-state index is -0.596. The Bertz CT molecular complexity index is 803. The van der Waals surface area contributed by atoms with Crippen molar-refractivity contribution < 1.29 is 14.3 Å². The van der Waals surface area contributed by atoms with E-state index in [1.54, 1.807) is 45.0 Å². The number of carbonyl (C=O) groups is 2. The van der Waals surface area contributed by atoms with Crippen molar-refractivity contribution in [1.29, 1.82) is 0 Å². The summed E-state index contributed by atoms with van der Waals surface area (Å²) in [5.74, 6) is -0.325. The van der Waals surface area contributed by atoms with E-state index in [4.69, 9.17) is 4.74 Å². The van der Waals surface area contributed by atoms with E-state index in [9.17, 15) is 9.59 Å². The van der Waals surface area contributed by atoms with Crippen molar-refractivity contribution in [3.8, 4) is 0 Å². The largest absolute Gasteiger partial charge is 0.444 e. The summed E-state index contributed by atoms with van der Waals surface area (Å²) in [7, 11) is 0. The summed E-state index contributed by atoms with van der Waals surface area (Å²) in [6.45, 7) is 11.4. The number of rotatable bonds is 3. The van der Waals surface area contributed by atoms with Crippen LogP contribution in [0.15, 0.2) is 24.3 Å². The van der Waals surface area contributed by atoms with Gasteiger partial charge in [-0.25, -0.2) is 4.79 Å². The number of hydrogen-bond acceptors (Lipinski definition) is 6. The van der Waals surface area contributed by atoms with Crippen LogP contribution in [0, 0.1) is 0 Å². The summed E-state index contributed by atoms with van der Waals surface area (Å²) in [6.07, 6.45) is -0.575. The maximum absolute atomic E-state index is 12.4. The van der Waals surface area contributed by atoms with Crippen LogP contribution < -0.4 is 10.6 Å². The molecule has 1 heterocycles. The molecule has 0 aliphatic carbocycles. The molecule has 0 atom stereocenters.